The van der Waals surface area contributed by atoms with Crippen LogP contribution in [-0.2, 0) is 0 Å². The molecule has 0 spiro atoms. The fourth-order valence-corrected chi connectivity index (χ4v) is 2.73. The fourth-order valence-electron chi connectivity index (χ4n) is 2.73. The van der Waals surface area contributed by atoms with Crippen molar-refractivity contribution < 1.29 is 0 Å². The van der Waals surface area contributed by atoms with Gasteiger partial charge in [-0.1, -0.05) is 13.3 Å². The SMILES string of the molecule is CCC1CCN(c2nc(NC)nc3[nH]ncc23)CC1. The van der Waals surface area contributed by atoms with Crippen molar-refractivity contribution in [2.24, 2.45) is 5.92 Å². The molecule has 2 aromatic heterocycles. The summed E-state index contributed by atoms with van der Waals surface area (Å²) in [5, 5.41) is 11.0. The Hall–Kier alpha value is -1.85. The van der Waals surface area contributed by atoms with Gasteiger partial charge in [0.15, 0.2) is 5.65 Å². The van der Waals surface area contributed by atoms with E-state index in [1.807, 2.05) is 13.2 Å². The number of hydrogen-bond donors (Lipinski definition) is 2. The molecule has 1 saturated heterocycles. The highest BCUT2D eigenvalue weighted by Gasteiger charge is 2.21. The fraction of sp³-hybridized carbons (Fsp3) is 0.615. The molecule has 0 atom stereocenters. The van der Waals surface area contributed by atoms with E-state index in [1.54, 1.807) is 0 Å². The summed E-state index contributed by atoms with van der Waals surface area (Å²) in [7, 11) is 1.84. The van der Waals surface area contributed by atoms with Gasteiger partial charge in [-0.25, -0.2) is 0 Å². The molecule has 0 aliphatic carbocycles. The van der Waals surface area contributed by atoms with E-state index in [9.17, 15) is 0 Å². The van der Waals surface area contributed by atoms with Gasteiger partial charge in [-0.15, -0.1) is 0 Å². The van der Waals surface area contributed by atoms with E-state index in [2.05, 4.69) is 37.3 Å². The van der Waals surface area contributed by atoms with Crippen LogP contribution in [0.1, 0.15) is 26.2 Å². The van der Waals surface area contributed by atoms with Crippen LogP contribution >= 0.6 is 0 Å². The van der Waals surface area contributed by atoms with Gasteiger partial charge in [0.25, 0.3) is 0 Å². The van der Waals surface area contributed by atoms with Crippen molar-refractivity contribution >= 4 is 22.8 Å². The topological polar surface area (TPSA) is 69.7 Å². The molecule has 19 heavy (non-hydrogen) atoms. The highest BCUT2D eigenvalue weighted by molar-refractivity contribution is 5.87. The highest BCUT2D eigenvalue weighted by atomic mass is 15.3. The van der Waals surface area contributed by atoms with Crippen LogP contribution in [0.25, 0.3) is 11.0 Å². The Morgan fingerprint density at radius 1 is 1.37 bits per heavy atom. The first-order valence-corrected chi connectivity index (χ1v) is 6.95. The first-order valence-electron chi connectivity index (χ1n) is 6.95. The van der Waals surface area contributed by atoms with Crippen LogP contribution in [0.15, 0.2) is 6.20 Å². The average molecular weight is 260 g/mol. The van der Waals surface area contributed by atoms with E-state index in [0.717, 1.165) is 35.9 Å². The lowest BCUT2D eigenvalue weighted by Crippen LogP contribution is -2.34. The quantitative estimate of drug-likeness (QED) is 0.883. The third-order valence-electron chi connectivity index (χ3n) is 4.00. The number of fused-ring (bicyclic) bond motifs is 1. The molecule has 102 valence electrons. The highest BCUT2D eigenvalue weighted by Crippen LogP contribution is 2.28. The third-order valence-corrected chi connectivity index (χ3v) is 4.00. The number of aromatic nitrogens is 4. The maximum absolute atomic E-state index is 4.61. The van der Waals surface area contributed by atoms with Gasteiger partial charge in [0, 0.05) is 20.1 Å². The Kier molecular flexibility index (Phi) is 3.23. The molecule has 2 aromatic rings. The van der Waals surface area contributed by atoms with Crippen LogP contribution in [0, 0.1) is 5.92 Å². The van der Waals surface area contributed by atoms with E-state index in [1.165, 1.54) is 19.3 Å². The van der Waals surface area contributed by atoms with Crippen molar-refractivity contribution in [1.29, 1.82) is 0 Å². The summed E-state index contributed by atoms with van der Waals surface area (Å²) >= 11 is 0. The van der Waals surface area contributed by atoms with Crippen molar-refractivity contribution in [3.63, 3.8) is 0 Å². The maximum atomic E-state index is 4.61. The molecule has 2 N–H and O–H groups in total. The van der Waals surface area contributed by atoms with E-state index in [0.29, 0.717) is 5.95 Å². The van der Waals surface area contributed by atoms with Crippen LogP contribution in [0.4, 0.5) is 11.8 Å². The summed E-state index contributed by atoms with van der Waals surface area (Å²) in [5.41, 5.74) is 0.798. The van der Waals surface area contributed by atoms with Crippen molar-refractivity contribution in [2.45, 2.75) is 26.2 Å². The summed E-state index contributed by atoms with van der Waals surface area (Å²) in [6.07, 6.45) is 5.58. The van der Waals surface area contributed by atoms with E-state index in [-0.39, 0.29) is 0 Å². The number of nitrogens with one attached hydrogen (secondary N) is 2. The predicted molar refractivity (Wildman–Crippen MR) is 76.5 cm³/mol. The predicted octanol–water partition coefficient (Wildman–Crippen LogP) is 2.02. The van der Waals surface area contributed by atoms with Crippen LogP contribution < -0.4 is 10.2 Å². The number of nitrogens with zero attached hydrogens (tertiary/aromatic N) is 4. The molecule has 0 unspecified atom stereocenters. The molecular formula is C13H20N6. The van der Waals surface area contributed by atoms with Gasteiger partial charge < -0.3 is 10.2 Å². The van der Waals surface area contributed by atoms with Gasteiger partial charge in [-0.3, -0.25) is 5.10 Å². The van der Waals surface area contributed by atoms with Gasteiger partial charge in [-0.05, 0) is 18.8 Å². The van der Waals surface area contributed by atoms with E-state index in [4.69, 9.17) is 0 Å². The zero-order valence-corrected chi connectivity index (χ0v) is 11.5. The Balaban J connectivity index is 1.93. The zero-order valence-electron chi connectivity index (χ0n) is 11.5. The van der Waals surface area contributed by atoms with Gasteiger partial charge in [-0.2, -0.15) is 15.1 Å². The van der Waals surface area contributed by atoms with Crippen molar-refractivity contribution in [1.82, 2.24) is 20.2 Å². The first-order chi connectivity index (χ1) is 9.31. The molecule has 0 saturated carbocycles. The summed E-state index contributed by atoms with van der Waals surface area (Å²) in [5.74, 6) is 2.50. The normalized spacial score (nSPS) is 17.1. The summed E-state index contributed by atoms with van der Waals surface area (Å²) in [6, 6.07) is 0. The number of rotatable bonds is 3. The largest absolute Gasteiger partial charge is 0.357 e. The van der Waals surface area contributed by atoms with Crippen molar-refractivity contribution in [3.05, 3.63) is 6.20 Å². The molecule has 1 aliphatic heterocycles. The van der Waals surface area contributed by atoms with Crippen LogP contribution in [-0.4, -0.2) is 40.3 Å². The Morgan fingerprint density at radius 3 is 2.84 bits per heavy atom. The molecule has 1 fully saturated rings. The maximum Gasteiger partial charge on any atom is 0.226 e. The minimum absolute atomic E-state index is 0.643. The Labute approximate surface area is 112 Å². The number of aromatic amines is 1. The number of piperidine rings is 1. The van der Waals surface area contributed by atoms with E-state index < -0.39 is 0 Å². The van der Waals surface area contributed by atoms with Crippen LogP contribution in [0.5, 0.6) is 0 Å². The molecule has 1 aliphatic rings. The summed E-state index contributed by atoms with van der Waals surface area (Å²) in [4.78, 5) is 11.3. The zero-order chi connectivity index (χ0) is 13.2. The van der Waals surface area contributed by atoms with E-state index >= 15 is 0 Å². The molecule has 6 nitrogen and oxygen atoms in total. The lowest BCUT2D eigenvalue weighted by molar-refractivity contribution is 0.394. The lowest BCUT2D eigenvalue weighted by Gasteiger charge is -2.32. The third kappa shape index (κ3) is 2.22. The number of anilines is 2. The molecule has 3 rings (SSSR count). The second-order valence-electron chi connectivity index (χ2n) is 5.09. The van der Waals surface area contributed by atoms with Gasteiger partial charge >= 0.3 is 0 Å². The monoisotopic (exact) mass is 260 g/mol. The Bertz CT molecular complexity index is 555. The van der Waals surface area contributed by atoms with Gasteiger partial charge in [0.2, 0.25) is 5.95 Å². The van der Waals surface area contributed by atoms with Crippen molar-refractivity contribution in [2.75, 3.05) is 30.4 Å². The van der Waals surface area contributed by atoms with Crippen LogP contribution in [0.2, 0.25) is 0 Å². The molecule has 6 heteroatoms. The molecular weight excluding hydrogens is 240 g/mol. The van der Waals surface area contributed by atoms with Crippen LogP contribution in [0.3, 0.4) is 0 Å². The number of H-pyrrole nitrogens is 1. The lowest BCUT2D eigenvalue weighted by atomic mass is 9.94. The summed E-state index contributed by atoms with van der Waals surface area (Å²) in [6.45, 7) is 4.41. The molecule has 0 bridgehead atoms. The minimum atomic E-state index is 0.643. The average Bonchev–Trinajstić information content (AvgIpc) is 2.94. The first kappa shape index (κ1) is 12.2. The second-order valence-corrected chi connectivity index (χ2v) is 5.09. The summed E-state index contributed by atoms with van der Waals surface area (Å²) < 4.78 is 0. The van der Waals surface area contributed by atoms with Gasteiger partial charge in [0.05, 0.1) is 11.6 Å². The number of hydrogen-bond acceptors (Lipinski definition) is 5. The molecule has 0 aromatic carbocycles. The van der Waals surface area contributed by atoms with Gasteiger partial charge in [0.1, 0.15) is 5.82 Å². The standard InChI is InChI=1S/C13H20N6/c1-3-9-4-6-19(7-5-9)12-10-8-15-18-11(10)16-13(14-2)17-12/h8-9H,3-7H2,1-2H3,(H2,14,15,16,17,18). The molecule has 0 amide bonds. The minimum Gasteiger partial charge on any atom is -0.357 e. The molecule has 3 heterocycles. The molecule has 0 radical (unpaired) electrons. The Morgan fingerprint density at radius 2 is 2.16 bits per heavy atom. The second kappa shape index (κ2) is 5.03. The van der Waals surface area contributed by atoms with Crippen molar-refractivity contribution in [3.8, 4) is 0 Å². The smallest absolute Gasteiger partial charge is 0.226 e.